The molecule has 0 aliphatic heterocycles. The number of rotatable bonds is 2. The lowest BCUT2D eigenvalue weighted by Gasteiger charge is -2.15. The fraction of sp³-hybridized carbons (Fsp3) is 0. The van der Waals surface area contributed by atoms with Gasteiger partial charge >= 0.3 is 0 Å². The highest BCUT2D eigenvalue weighted by molar-refractivity contribution is 6.38. The second-order valence-electron chi connectivity index (χ2n) is 10.6. The molecule has 0 unspecified atom stereocenters. The van der Waals surface area contributed by atoms with Gasteiger partial charge in [0.05, 0.1) is 0 Å². The number of para-hydroxylation sites is 1. The monoisotopic (exact) mass is 493 g/mol. The molecule has 2 aliphatic carbocycles. The molecule has 0 atom stereocenters. The van der Waals surface area contributed by atoms with Gasteiger partial charge in [-0.05, 0) is 67.1 Å². The summed E-state index contributed by atoms with van der Waals surface area (Å²) in [5, 5.41) is 6.39. The molecule has 0 fully saturated rings. The fourth-order valence-electron chi connectivity index (χ4n) is 6.91. The molecule has 1 aromatic heterocycles. The van der Waals surface area contributed by atoms with Crippen LogP contribution in [0.1, 0.15) is 33.5 Å². The molecule has 0 amide bonds. The number of hydrogen-bond acceptors (Lipinski definition) is 0. The Bertz CT molecular complexity index is 2170. The minimum Gasteiger partial charge on any atom is -0.354 e. The zero-order valence-corrected chi connectivity index (χ0v) is 21.2. The van der Waals surface area contributed by atoms with Crippen molar-refractivity contribution in [3.8, 4) is 0 Å². The van der Waals surface area contributed by atoms with Gasteiger partial charge in [-0.3, -0.25) is 0 Å². The third-order valence-corrected chi connectivity index (χ3v) is 8.51. The van der Waals surface area contributed by atoms with Gasteiger partial charge in [-0.15, -0.1) is 0 Å². The van der Waals surface area contributed by atoms with E-state index in [0.29, 0.717) is 0 Å². The van der Waals surface area contributed by atoms with E-state index in [1.807, 2.05) is 0 Å². The molecule has 9 rings (SSSR count). The van der Waals surface area contributed by atoms with Crippen molar-refractivity contribution >= 4 is 54.7 Å². The summed E-state index contributed by atoms with van der Waals surface area (Å²) < 4.78 is 0. The van der Waals surface area contributed by atoms with Gasteiger partial charge in [0.25, 0.3) is 0 Å². The number of fused-ring (bicyclic) bond motifs is 10. The number of hydrogen-bond donors (Lipinski definition) is 1. The zero-order valence-electron chi connectivity index (χ0n) is 21.2. The normalized spacial score (nSPS) is 13.9. The van der Waals surface area contributed by atoms with Crippen molar-refractivity contribution in [1.29, 1.82) is 0 Å². The van der Waals surface area contributed by atoms with Crippen LogP contribution in [0.2, 0.25) is 0 Å². The van der Waals surface area contributed by atoms with Crippen LogP contribution in [0.3, 0.4) is 0 Å². The molecule has 1 heterocycles. The van der Waals surface area contributed by atoms with Crippen molar-refractivity contribution in [2.24, 2.45) is 0 Å². The Labute approximate surface area is 226 Å². The summed E-state index contributed by atoms with van der Waals surface area (Å²) in [5.41, 5.74) is 14.2. The predicted octanol–water partition coefficient (Wildman–Crippen LogP) is 9.72. The lowest BCUT2D eigenvalue weighted by molar-refractivity contribution is 1.40. The smallest absolute Gasteiger partial charge is 0.0477 e. The Morgan fingerprint density at radius 2 is 0.923 bits per heavy atom. The van der Waals surface area contributed by atoms with Crippen molar-refractivity contribution in [2.75, 3.05) is 0 Å². The first-order valence-electron chi connectivity index (χ1n) is 13.5. The van der Waals surface area contributed by atoms with Gasteiger partial charge in [0.15, 0.2) is 0 Å². The van der Waals surface area contributed by atoms with Crippen LogP contribution in [0.5, 0.6) is 0 Å². The van der Waals surface area contributed by atoms with Crippen LogP contribution in [-0.2, 0) is 0 Å². The van der Waals surface area contributed by atoms with Crippen LogP contribution in [0.15, 0.2) is 133 Å². The van der Waals surface area contributed by atoms with E-state index < -0.39 is 0 Å². The van der Waals surface area contributed by atoms with Crippen LogP contribution < -0.4 is 0 Å². The Morgan fingerprint density at radius 1 is 0.385 bits per heavy atom. The van der Waals surface area contributed by atoms with E-state index in [1.165, 1.54) is 88.3 Å². The SMILES string of the molecule is c1ccc(C2=C3C(=C(c4cc5ccccc5[nH]4)c4c3ccc3ccccc43)c3ccc4ccccc4c32)cc1. The molecular formula is C38H23N. The Morgan fingerprint density at radius 3 is 1.59 bits per heavy atom. The quantitative estimate of drug-likeness (QED) is 0.247. The van der Waals surface area contributed by atoms with Gasteiger partial charge in [0.2, 0.25) is 0 Å². The third kappa shape index (κ3) is 2.79. The van der Waals surface area contributed by atoms with Gasteiger partial charge in [-0.25, -0.2) is 0 Å². The van der Waals surface area contributed by atoms with E-state index in [1.54, 1.807) is 0 Å². The Hall–Kier alpha value is -5.14. The van der Waals surface area contributed by atoms with Crippen LogP contribution in [0, 0.1) is 0 Å². The summed E-state index contributed by atoms with van der Waals surface area (Å²) in [7, 11) is 0. The molecule has 39 heavy (non-hydrogen) atoms. The number of benzene rings is 6. The zero-order chi connectivity index (χ0) is 25.5. The van der Waals surface area contributed by atoms with E-state index in [9.17, 15) is 0 Å². The van der Waals surface area contributed by atoms with Crippen LogP contribution in [0.25, 0.3) is 54.7 Å². The summed E-state index contributed by atoms with van der Waals surface area (Å²) in [6, 6.07) is 48.8. The molecule has 7 aromatic rings. The number of aromatic nitrogens is 1. The molecule has 1 nitrogen and oxygen atoms in total. The van der Waals surface area contributed by atoms with Crippen LogP contribution in [0.4, 0.5) is 0 Å². The summed E-state index contributed by atoms with van der Waals surface area (Å²) in [4.78, 5) is 3.80. The van der Waals surface area contributed by atoms with E-state index in [0.717, 1.165) is 0 Å². The number of nitrogens with one attached hydrogen (secondary N) is 1. The van der Waals surface area contributed by atoms with E-state index in [4.69, 9.17) is 0 Å². The van der Waals surface area contributed by atoms with Gasteiger partial charge in [-0.1, -0.05) is 121 Å². The highest BCUT2D eigenvalue weighted by Gasteiger charge is 2.39. The highest BCUT2D eigenvalue weighted by Crippen LogP contribution is 2.60. The van der Waals surface area contributed by atoms with Crippen LogP contribution in [-0.4, -0.2) is 4.98 Å². The predicted molar refractivity (Wildman–Crippen MR) is 164 cm³/mol. The van der Waals surface area contributed by atoms with Gasteiger partial charge in [0.1, 0.15) is 0 Å². The fourth-order valence-corrected chi connectivity index (χ4v) is 6.91. The molecular weight excluding hydrogens is 470 g/mol. The standard InChI is InChI=1S/C38H23N/c1-2-12-25(13-3-1)33-34-27-15-7-4-10-23(27)18-20-29(34)37-36(33)30-21-19-24-11-5-8-16-28(24)35(30)38(37)32-22-26-14-6-9-17-31(26)39-32/h1-22,39H. The minimum absolute atomic E-state index is 1.17. The summed E-state index contributed by atoms with van der Waals surface area (Å²) in [6.07, 6.45) is 0. The molecule has 0 saturated heterocycles. The second kappa shape index (κ2) is 7.69. The first-order valence-corrected chi connectivity index (χ1v) is 13.5. The number of H-pyrrole nitrogens is 1. The maximum atomic E-state index is 3.80. The Balaban J connectivity index is 1.51. The summed E-state index contributed by atoms with van der Waals surface area (Å²) >= 11 is 0. The van der Waals surface area contributed by atoms with Crippen molar-refractivity contribution in [1.82, 2.24) is 4.98 Å². The highest BCUT2D eigenvalue weighted by atomic mass is 14.7. The van der Waals surface area contributed by atoms with Crippen molar-refractivity contribution < 1.29 is 0 Å². The van der Waals surface area contributed by atoms with Gasteiger partial charge < -0.3 is 4.98 Å². The number of allylic oxidation sites excluding steroid dienone is 2. The molecule has 1 N–H and O–H groups in total. The van der Waals surface area contributed by atoms with Gasteiger partial charge in [-0.2, -0.15) is 0 Å². The average molecular weight is 494 g/mol. The number of aromatic amines is 1. The van der Waals surface area contributed by atoms with E-state index >= 15 is 0 Å². The Kier molecular flexibility index (Phi) is 4.11. The molecule has 0 bridgehead atoms. The van der Waals surface area contributed by atoms with Crippen molar-refractivity contribution in [2.45, 2.75) is 0 Å². The second-order valence-corrected chi connectivity index (χ2v) is 10.6. The van der Waals surface area contributed by atoms with E-state index in [-0.39, 0.29) is 0 Å². The molecule has 0 radical (unpaired) electrons. The first-order chi connectivity index (χ1) is 19.4. The molecule has 0 saturated carbocycles. The first kappa shape index (κ1) is 20.9. The van der Waals surface area contributed by atoms with Gasteiger partial charge in [0, 0.05) is 33.3 Å². The molecule has 1 heteroatoms. The molecule has 0 spiro atoms. The largest absolute Gasteiger partial charge is 0.354 e. The lowest BCUT2D eigenvalue weighted by atomic mass is 9.88. The maximum absolute atomic E-state index is 3.80. The minimum atomic E-state index is 1.17. The topological polar surface area (TPSA) is 15.8 Å². The summed E-state index contributed by atoms with van der Waals surface area (Å²) in [6.45, 7) is 0. The van der Waals surface area contributed by atoms with Crippen molar-refractivity contribution in [3.05, 3.63) is 167 Å². The maximum Gasteiger partial charge on any atom is 0.0477 e. The molecule has 6 aromatic carbocycles. The third-order valence-electron chi connectivity index (χ3n) is 8.51. The average Bonchev–Trinajstić information content (AvgIpc) is 3.67. The van der Waals surface area contributed by atoms with E-state index in [2.05, 4.69) is 138 Å². The van der Waals surface area contributed by atoms with Crippen molar-refractivity contribution in [3.63, 3.8) is 0 Å². The molecule has 2 aliphatic rings. The molecule has 180 valence electrons. The lowest BCUT2D eigenvalue weighted by Crippen LogP contribution is -1.95. The summed E-state index contributed by atoms with van der Waals surface area (Å²) in [5.74, 6) is 0. The van der Waals surface area contributed by atoms with Crippen LogP contribution >= 0.6 is 0 Å².